The third kappa shape index (κ3) is 3.88. The Hall–Kier alpha value is -2.84. The molecule has 7 nitrogen and oxygen atoms in total. The van der Waals surface area contributed by atoms with Crippen LogP contribution in [0.2, 0.25) is 0 Å². The van der Waals surface area contributed by atoms with Crippen LogP contribution in [0.3, 0.4) is 0 Å². The van der Waals surface area contributed by atoms with Crippen LogP contribution >= 0.6 is 0 Å². The maximum atomic E-state index is 13.5. The second kappa shape index (κ2) is 8.04. The summed E-state index contributed by atoms with van der Waals surface area (Å²) in [5, 5.41) is 2.15. The van der Waals surface area contributed by atoms with Gasteiger partial charge in [-0.15, -0.1) is 0 Å². The second-order valence-corrected chi connectivity index (χ2v) is 7.00. The van der Waals surface area contributed by atoms with Crippen molar-refractivity contribution in [2.75, 3.05) is 11.9 Å². The molecule has 0 bridgehead atoms. The lowest BCUT2D eigenvalue weighted by Crippen LogP contribution is -2.45. The molecule has 3 rings (SSSR count). The van der Waals surface area contributed by atoms with Gasteiger partial charge in [-0.05, 0) is 31.9 Å². The van der Waals surface area contributed by atoms with Crippen molar-refractivity contribution in [1.82, 2.24) is 4.90 Å². The van der Waals surface area contributed by atoms with Crippen molar-refractivity contribution in [2.24, 2.45) is 11.8 Å². The van der Waals surface area contributed by atoms with E-state index in [4.69, 9.17) is 4.74 Å². The Labute approximate surface area is 160 Å². The topological polar surface area (TPSA) is 92.8 Å². The van der Waals surface area contributed by atoms with E-state index in [1.807, 2.05) is 0 Å². The van der Waals surface area contributed by atoms with Gasteiger partial charge in [-0.2, -0.15) is 0 Å². The monoisotopic (exact) mass is 394 g/mol. The molecule has 1 aliphatic carbocycles. The summed E-state index contributed by atoms with van der Waals surface area (Å²) >= 11 is 0. The lowest BCUT2D eigenvalue weighted by Gasteiger charge is -2.21. The number of nitrogens with zero attached hydrogens (tertiary/aromatic N) is 1. The summed E-state index contributed by atoms with van der Waals surface area (Å²) in [7, 11) is 0. The Kier molecular flexibility index (Phi) is 5.71. The second-order valence-electron chi connectivity index (χ2n) is 7.00. The number of esters is 1. The van der Waals surface area contributed by atoms with Gasteiger partial charge >= 0.3 is 5.97 Å². The minimum Gasteiger partial charge on any atom is -0.454 e. The number of imide groups is 1. The van der Waals surface area contributed by atoms with Crippen LogP contribution in [0.4, 0.5) is 14.5 Å². The Morgan fingerprint density at radius 3 is 2.36 bits per heavy atom. The largest absolute Gasteiger partial charge is 0.454 e. The molecule has 2 fully saturated rings. The van der Waals surface area contributed by atoms with E-state index in [1.54, 1.807) is 0 Å². The predicted molar refractivity (Wildman–Crippen MR) is 92.7 cm³/mol. The highest BCUT2D eigenvalue weighted by atomic mass is 19.1. The van der Waals surface area contributed by atoms with Gasteiger partial charge in [-0.1, -0.05) is 12.8 Å². The van der Waals surface area contributed by atoms with Crippen molar-refractivity contribution in [2.45, 2.75) is 38.6 Å². The van der Waals surface area contributed by atoms with Gasteiger partial charge < -0.3 is 10.1 Å². The van der Waals surface area contributed by atoms with Gasteiger partial charge in [0.25, 0.3) is 5.91 Å². The van der Waals surface area contributed by atoms with Gasteiger partial charge in [0.1, 0.15) is 17.7 Å². The predicted octanol–water partition coefficient (Wildman–Crippen LogP) is 2.01. The summed E-state index contributed by atoms with van der Waals surface area (Å²) in [4.78, 5) is 50.0. The zero-order valence-electron chi connectivity index (χ0n) is 15.2. The first-order valence-corrected chi connectivity index (χ1v) is 9.08. The Morgan fingerprint density at radius 2 is 1.79 bits per heavy atom. The van der Waals surface area contributed by atoms with Crippen molar-refractivity contribution in [3.8, 4) is 0 Å². The molecule has 1 heterocycles. The fraction of sp³-hybridized carbons (Fsp3) is 0.474. The highest BCUT2D eigenvalue weighted by Crippen LogP contribution is 2.38. The van der Waals surface area contributed by atoms with E-state index in [0.29, 0.717) is 18.9 Å². The first-order chi connectivity index (χ1) is 13.3. The average Bonchev–Trinajstić information content (AvgIpc) is 2.92. The summed E-state index contributed by atoms with van der Waals surface area (Å²) in [5.74, 6) is -5.04. The smallest absolute Gasteiger partial charge is 0.329 e. The number of ether oxygens (including phenoxy) is 1. The number of carbonyl (C=O) groups excluding carboxylic acids is 4. The minimum absolute atomic E-state index is 0.260. The molecule has 0 aromatic heterocycles. The number of carbonyl (C=O) groups is 4. The van der Waals surface area contributed by atoms with E-state index in [9.17, 15) is 28.0 Å². The Bertz CT molecular complexity index is 805. The molecule has 9 heteroatoms. The van der Waals surface area contributed by atoms with Crippen molar-refractivity contribution >= 4 is 29.4 Å². The Balaban J connectivity index is 1.56. The van der Waals surface area contributed by atoms with Crippen molar-refractivity contribution in [3.63, 3.8) is 0 Å². The first-order valence-electron chi connectivity index (χ1n) is 9.08. The van der Waals surface area contributed by atoms with Gasteiger partial charge in [0, 0.05) is 6.07 Å². The van der Waals surface area contributed by atoms with Crippen LogP contribution in [0, 0.1) is 23.5 Å². The summed E-state index contributed by atoms with van der Waals surface area (Å²) in [6.07, 6.45) is 2.98. The number of likely N-dealkylation sites (tertiary alicyclic amines) is 1. The lowest BCUT2D eigenvalue weighted by molar-refractivity contribution is -0.159. The molecule has 3 amide bonds. The maximum absolute atomic E-state index is 13.5. The number of halogens is 2. The number of hydrogen-bond acceptors (Lipinski definition) is 5. The van der Waals surface area contributed by atoms with Crippen molar-refractivity contribution < 1.29 is 32.7 Å². The Morgan fingerprint density at radius 1 is 1.18 bits per heavy atom. The molecule has 28 heavy (non-hydrogen) atoms. The fourth-order valence-electron chi connectivity index (χ4n) is 3.71. The number of amides is 3. The van der Waals surface area contributed by atoms with Crippen LogP contribution in [0.1, 0.15) is 32.6 Å². The molecule has 1 aliphatic heterocycles. The van der Waals surface area contributed by atoms with Crippen LogP contribution in [-0.2, 0) is 23.9 Å². The van der Waals surface area contributed by atoms with Crippen LogP contribution in [0.5, 0.6) is 0 Å². The average molecular weight is 394 g/mol. The third-order valence-electron chi connectivity index (χ3n) is 5.15. The number of benzene rings is 1. The van der Waals surface area contributed by atoms with Crippen molar-refractivity contribution in [1.29, 1.82) is 0 Å². The van der Waals surface area contributed by atoms with E-state index in [2.05, 4.69) is 5.32 Å². The van der Waals surface area contributed by atoms with Gasteiger partial charge in [0.15, 0.2) is 6.61 Å². The van der Waals surface area contributed by atoms with E-state index >= 15 is 0 Å². The van der Waals surface area contributed by atoms with Gasteiger partial charge in [0.05, 0.1) is 17.5 Å². The van der Waals surface area contributed by atoms with Crippen LogP contribution < -0.4 is 5.32 Å². The minimum atomic E-state index is -1.15. The van der Waals surface area contributed by atoms with E-state index in [0.717, 1.165) is 29.9 Å². The maximum Gasteiger partial charge on any atom is 0.329 e. The molecule has 0 unspecified atom stereocenters. The molecular weight excluding hydrogens is 374 g/mol. The zero-order chi connectivity index (χ0) is 20.4. The SMILES string of the molecule is C[C@@H](C(=O)OCC(=O)Nc1ccc(F)cc1F)N1C(=O)[C@H]2CCCC[C@H]2C1=O. The van der Waals surface area contributed by atoms with Gasteiger partial charge in [0.2, 0.25) is 11.8 Å². The quantitative estimate of drug-likeness (QED) is 0.609. The molecular formula is C19H20F2N2O5. The van der Waals surface area contributed by atoms with E-state index in [-0.39, 0.29) is 29.3 Å². The standard InChI is InChI=1S/C19H20F2N2O5/c1-10(23-17(25)12-4-2-3-5-13(12)18(23)26)19(27)28-9-16(24)22-15-7-6-11(20)8-14(15)21/h6-8,10,12-13H,2-5,9H2,1H3,(H,22,24)/t10-,12-,13+/m0/s1. The highest BCUT2D eigenvalue weighted by Gasteiger charge is 2.51. The fourth-order valence-corrected chi connectivity index (χ4v) is 3.71. The third-order valence-corrected chi connectivity index (χ3v) is 5.15. The normalized spacial score (nSPS) is 22.6. The zero-order valence-corrected chi connectivity index (χ0v) is 15.2. The number of fused-ring (bicyclic) bond motifs is 1. The van der Waals surface area contributed by atoms with E-state index < -0.39 is 36.2 Å². The number of nitrogens with one attached hydrogen (secondary N) is 1. The molecule has 3 atom stereocenters. The molecule has 0 radical (unpaired) electrons. The van der Waals surface area contributed by atoms with Gasteiger partial charge in [-0.25, -0.2) is 13.6 Å². The van der Waals surface area contributed by atoms with E-state index in [1.165, 1.54) is 6.92 Å². The molecule has 150 valence electrons. The molecule has 1 N–H and O–H groups in total. The van der Waals surface area contributed by atoms with Crippen LogP contribution in [-0.4, -0.2) is 41.2 Å². The molecule has 0 spiro atoms. The number of anilines is 1. The summed E-state index contributed by atoms with van der Waals surface area (Å²) in [5.41, 5.74) is -0.260. The number of hydrogen-bond donors (Lipinski definition) is 1. The van der Waals surface area contributed by atoms with Crippen molar-refractivity contribution in [3.05, 3.63) is 29.8 Å². The van der Waals surface area contributed by atoms with Crippen LogP contribution in [0.25, 0.3) is 0 Å². The summed E-state index contributed by atoms with van der Waals surface area (Å²) in [6, 6.07) is 1.46. The molecule has 2 aliphatic rings. The highest BCUT2D eigenvalue weighted by molar-refractivity contribution is 6.08. The summed E-state index contributed by atoms with van der Waals surface area (Å²) < 4.78 is 31.3. The molecule has 1 aromatic rings. The lowest BCUT2D eigenvalue weighted by atomic mass is 9.81. The molecule has 1 saturated heterocycles. The summed E-state index contributed by atoms with van der Waals surface area (Å²) in [6.45, 7) is 0.635. The molecule has 1 saturated carbocycles. The van der Waals surface area contributed by atoms with Crippen LogP contribution in [0.15, 0.2) is 18.2 Å². The van der Waals surface area contributed by atoms with Gasteiger partial charge in [-0.3, -0.25) is 19.3 Å². The molecule has 1 aromatic carbocycles. The first kappa shape index (κ1) is 19.9. The number of rotatable bonds is 5.